The third-order valence-electron chi connectivity index (χ3n) is 3.20. The summed E-state index contributed by atoms with van der Waals surface area (Å²) in [5.41, 5.74) is 7.54. The van der Waals surface area contributed by atoms with Crippen molar-refractivity contribution in [3.8, 4) is 0 Å². The molecule has 1 saturated heterocycles. The van der Waals surface area contributed by atoms with E-state index in [1.807, 2.05) is 6.07 Å². The number of halogens is 1. The third-order valence-corrected chi connectivity index (χ3v) is 3.92. The van der Waals surface area contributed by atoms with Crippen LogP contribution in [0.1, 0.15) is 18.0 Å². The molecule has 82 valence electrons. The highest BCUT2D eigenvalue weighted by Crippen LogP contribution is 2.31. The second-order valence-corrected chi connectivity index (χ2v) is 5.21. The first-order chi connectivity index (χ1) is 7.18. The van der Waals surface area contributed by atoms with Gasteiger partial charge in [0.15, 0.2) is 0 Å². The number of hydrogen-bond donors (Lipinski definition) is 1. The van der Waals surface area contributed by atoms with E-state index in [-0.39, 0.29) is 6.04 Å². The van der Waals surface area contributed by atoms with Crippen molar-refractivity contribution >= 4 is 15.9 Å². The van der Waals surface area contributed by atoms with Gasteiger partial charge in [-0.25, -0.2) is 0 Å². The van der Waals surface area contributed by atoms with Crippen LogP contribution >= 0.6 is 15.9 Å². The predicted octanol–water partition coefficient (Wildman–Crippen LogP) is 2.40. The van der Waals surface area contributed by atoms with E-state index in [1.54, 1.807) is 0 Å². The fourth-order valence-corrected chi connectivity index (χ4v) is 2.81. The van der Waals surface area contributed by atoms with E-state index in [9.17, 15) is 0 Å². The van der Waals surface area contributed by atoms with Crippen LogP contribution in [-0.2, 0) is 0 Å². The number of likely N-dealkylation sites (tertiary alicyclic amines) is 1. The SMILES string of the molecule is CN1CCC(C(N)c2ccccc2Br)C1. The van der Waals surface area contributed by atoms with Gasteiger partial charge in [-0.1, -0.05) is 34.1 Å². The first kappa shape index (κ1) is 11.1. The van der Waals surface area contributed by atoms with Gasteiger partial charge in [0.05, 0.1) is 0 Å². The van der Waals surface area contributed by atoms with Crippen molar-refractivity contribution in [2.24, 2.45) is 11.7 Å². The predicted molar refractivity (Wildman–Crippen MR) is 66.7 cm³/mol. The average molecular weight is 269 g/mol. The van der Waals surface area contributed by atoms with Crippen molar-refractivity contribution in [2.45, 2.75) is 12.5 Å². The molecule has 1 aliphatic heterocycles. The Hall–Kier alpha value is -0.380. The Morgan fingerprint density at radius 1 is 1.47 bits per heavy atom. The molecule has 1 aromatic rings. The summed E-state index contributed by atoms with van der Waals surface area (Å²) < 4.78 is 1.13. The van der Waals surface area contributed by atoms with E-state index in [1.165, 1.54) is 18.5 Å². The van der Waals surface area contributed by atoms with Crippen LogP contribution in [0.5, 0.6) is 0 Å². The maximum absolute atomic E-state index is 6.31. The summed E-state index contributed by atoms with van der Waals surface area (Å²) in [5, 5.41) is 0. The second kappa shape index (κ2) is 4.64. The van der Waals surface area contributed by atoms with Crippen molar-refractivity contribution in [1.82, 2.24) is 4.90 Å². The molecule has 2 unspecified atom stereocenters. The van der Waals surface area contributed by atoms with Crippen molar-refractivity contribution < 1.29 is 0 Å². The molecule has 2 nitrogen and oxygen atoms in total. The molecule has 1 fully saturated rings. The Morgan fingerprint density at radius 3 is 2.80 bits per heavy atom. The molecule has 0 amide bonds. The molecule has 2 atom stereocenters. The van der Waals surface area contributed by atoms with E-state index in [0.29, 0.717) is 5.92 Å². The second-order valence-electron chi connectivity index (χ2n) is 4.36. The lowest BCUT2D eigenvalue weighted by atomic mass is 9.93. The van der Waals surface area contributed by atoms with Gasteiger partial charge in [-0.3, -0.25) is 0 Å². The van der Waals surface area contributed by atoms with E-state index < -0.39 is 0 Å². The summed E-state index contributed by atoms with van der Waals surface area (Å²) in [6.45, 7) is 2.28. The molecular weight excluding hydrogens is 252 g/mol. The molecule has 0 aliphatic carbocycles. The van der Waals surface area contributed by atoms with Gasteiger partial charge in [0.25, 0.3) is 0 Å². The zero-order valence-electron chi connectivity index (χ0n) is 8.99. The van der Waals surface area contributed by atoms with Gasteiger partial charge < -0.3 is 10.6 Å². The number of nitrogens with zero attached hydrogens (tertiary/aromatic N) is 1. The van der Waals surface area contributed by atoms with E-state index in [2.05, 4.69) is 46.1 Å². The van der Waals surface area contributed by atoms with Gasteiger partial charge in [-0.2, -0.15) is 0 Å². The smallest absolute Gasteiger partial charge is 0.0347 e. The van der Waals surface area contributed by atoms with E-state index >= 15 is 0 Å². The largest absolute Gasteiger partial charge is 0.324 e. The average Bonchev–Trinajstić information content (AvgIpc) is 2.65. The topological polar surface area (TPSA) is 29.3 Å². The van der Waals surface area contributed by atoms with Gasteiger partial charge >= 0.3 is 0 Å². The molecule has 0 radical (unpaired) electrons. The molecule has 2 rings (SSSR count). The van der Waals surface area contributed by atoms with Gasteiger partial charge in [-0.15, -0.1) is 0 Å². The highest BCUT2D eigenvalue weighted by Gasteiger charge is 2.27. The highest BCUT2D eigenvalue weighted by molar-refractivity contribution is 9.10. The molecule has 2 N–H and O–H groups in total. The molecule has 0 saturated carbocycles. The number of benzene rings is 1. The van der Waals surface area contributed by atoms with Gasteiger partial charge in [0.1, 0.15) is 0 Å². The third kappa shape index (κ3) is 2.41. The fourth-order valence-electron chi connectivity index (χ4n) is 2.26. The van der Waals surface area contributed by atoms with Crippen LogP contribution in [0.15, 0.2) is 28.7 Å². The molecular formula is C12H17BrN2. The van der Waals surface area contributed by atoms with Gasteiger partial charge in [0, 0.05) is 17.1 Å². The molecule has 1 aliphatic rings. The Balaban J connectivity index is 2.14. The quantitative estimate of drug-likeness (QED) is 0.893. The summed E-state index contributed by atoms with van der Waals surface area (Å²) >= 11 is 3.57. The van der Waals surface area contributed by atoms with Crippen LogP contribution in [0.4, 0.5) is 0 Å². The summed E-state index contributed by atoms with van der Waals surface area (Å²) in [6.07, 6.45) is 1.21. The van der Waals surface area contributed by atoms with Crippen LogP contribution in [0.2, 0.25) is 0 Å². The lowest BCUT2D eigenvalue weighted by molar-refractivity contribution is 0.372. The minimum atomic E-state index is 0.158. The first-order valence-electron chi connectivity index (χ1n) is 5.37. The highest BCUT2D eigenvalue weighted by atomic mass is 79.9. The first-order valence-corrected chi connectivity index (χ1v) is 6.16. The monoisotopic (exact) mass is 268 g/mol. The zero-order valence-corrected chi connectivity index (χ0v) is 10.6. The van der Waals surface area contributed by atoms with Gasteiger partial charge in [-0.05, 0) is 37.6 Å². The number of nitrogens with two attached hydrogens (primary N) is 1. The summed E-state index contributed by atoms with van der Waals surface area (Å²) in [6, 6.07) is 8.42. The van der Waals surface area contributed by atoms with Crippen LogP contribution in [-0.4, -0.2) is 25.0 Å². The Bertz CT molecular complexity index is 340. The van der Waals surface area contributed by atoms with Crippen molar-refractivity contribution in [3.63, 3.8) is 0 Å². The fraction of sp³-hybridized carbons (Fsp3) is 0.500. The summed E-state index contributed by atoms with van der Waals surface area (Å²) in [5.74, 6) is 0.591. The van der Waals surface area contributed by atoms with Crippen LogP contribution in [0.3, 0.4) is 0 Å². The maximum Gasteiger partial charge on any atom is 0.0347 e. The molecule has 0 bridgehead atoms. The minimum absolute atomic E-state index is 0.158. The molecule has 3 heteroatoms. The Labute approximate surface area is 99.6 Å². The van der Waals surface area contributed by atoms with Crippen molar-refractivity contribution in [1.29, 1.82) is 0 Å². The van der Waals surface area contributed by atoms with Crippen LogP contribution in [0, 0.1) is 5.92 Å². The van der Waals surface area contributed by atoms with Crippen molar-refractivity contribution in [2.75, 3.05) is 20.1 Å². The molecule has 0 spiro atoms. The Morgan fingerprint density at radius 2 is 2.20 bits per heavy atom. The molecule has 1 heterocycles. The van der Waals surface area contributed by atoms with E-state index in [4.69, 9.17) is 5.73 Å². The van der Waals surface area contributed by atoms with E-state index in [0.717, 1.165) is 11.0 Å². The number of rotatable bonds is 2. The summed E-state index contributed by atoms with van der Waals surface area (Å²) in [7, 11) is 2.16. The van der Waals surface area contributed by atoms with Crippen LogP contribution < -0.4 is 5.73 Å². The molecule has 1 aromatic carbocycles. The van der Waals surface area contributed by atoms with Crippen molar-refractivity contribution in [3.05, 3.63) is 34.3 Å². The Kier molecular flexibility index (Phi) is 3.44. The minimum Gasteiger partial charge on any atom is -0.324 e. The standard InChI is InChI=1S/C12H17BrN2/c1-15-7-6-9(8-15)12(14)10-4-2-3-5-11(10)13/h2-5,9,12H,6-8,14H2,1H3. The molecule has 0 aromatic heterocycles. The van der Waals surface area contributed by atoms with Gasteiger partial charge in [0.2, 0.25) is 0 Å². The van der Waals surface area contributed by atoms with Crippen LogP contribution in [0.25, 0.3) is 0 Å². The molecule has 15 heavy (non-hydrogen) atoms. The maximum atomic E-state index is 6.31. The lowest BCUT2D eigenvalue weighted by Gasteiger charge is -2.20. The lowest BCUT2D eigenvalue weighted by Crippen LogP contribution is -2.24. The normalized spacial score (nSPS) is 24.3. The number of hydrogen-bond acceptors (Lipinski definition) is 2. The summed E-state index contributed by atoms with van der Waals surface area (Å²) in [4.78, 5) is 2.35. The zero-order chi connectivity index (χ0) is 10.8.